The zero-order valence-electron chi connectivity index (χ0n) is 10.00. The van der Waals surface area contributed by atoms with E-state index < -0.39 is 0 Å². The standard InChI is InChI=1S/C14H20O2/c1-2-3-4-5-8-12-10-11-7-6-9-13(11)14(15)16-12/h6-7,12H,2-5,8-10H2,1H3. The van der Waals surface area contributed by atoms with Crippen LogP contribution in [0.15, 0.2) is 23.3 Å². The number of hydrogen-bond donors (Lipinski definition) is 0. The number of hydrogen-bond acceptors (Lipinski definition) is 2. The quantitative estimate of drug-likeness (QED) is 0.523. The molecule has 2 aliphatic rings. The molecule has 1 heterocycles. The van der Waals surface area contributed by atoms with E-state index in [1.165, 1.54) is 31.3 Å². The fourth-order valence-electron chi connectivity index (χ4n) is 2.43. The lowest BCUT2D eigenvalue weighted by atomic mass is 9.97. The minimum atomic E-state index is -0.0771. The molecule has 0 aromatic rings. The maximum absolute atomic E-state index is 11.7. The van der Waals surface area contributed by atoms with Crippen molar-refractivity contribution in [2.75, 3.05) is 0 Å². The normalized spacial score (nSPS) is 23.6. The maximum atomic E-state index is 11.7. The van der Waals surface area contributed by atoms with Gasteiger partial charge in [-0.05, 0) is 24.8 Å². The molecule has 0 spiro atoms. The van der Waals surface area contributed by atoms with Crippen LogP contribution in [0.25, 0.3) is 0 Å². The van der Waals surface area contributed by atoms with E-state index in [0.717, 1.165) is 24.8 Å². The highest BCUT2D eigenvalue weighted by atomic mass is 16.5. The van der Waals surface area contributed by atoms with Crippen LogP contribution in [0.5, 0.6) is 0 Å². The second kappa shape index (κ2) is 5.33. The number of carbonyl (C=O) groups excluding carboxylic acids is 1. The van der Waals surface area contributed by atoms with Crippen molar-refractivity contribution in [1.82, 2.24) is 0 Å². The fourth-order valence-corrected chi connectivity index (χ4v) is 2.43. The lowest BCUT2D eigenvalue weighted by Crippen LogP contribution is -2.25. The van der Waals surface area contributed by atoms with Crippen LogP contribution in [-0.2, 0) is 9.53 Å². The SMILES string of the molecule is CCCCCCC1CC2=C(CC=C2)C(=O)O1. The van der Waals surface area contributed by atoms with Crippen molar-refractivity contribution in [3.63, 3.8) is 0 Å². The van der Waals surface area contributed by atoms with Crippen LogP contribution < -0.4 is 0 Å². The minimum Gasteiger partial charge on any atom is -0.459 e. The molecule has 2 heteroatoms. The second-order valence-corrected chi connectivity index (χ2v) is 4.69. The molecule has 0 fully saturated rings. The molecular formula is C14H20O2. The number of unbranched alkanes of at least 4 members (excludes halogenated alkanes) is 3. The molecule has 0 aromatic carbocycles. The first-order valence-electron chi connectivity index (χ1n) is 6.40. The van der Waals surface area contributed by atoms with E-state index in [4.69, 9.17) is 4.74 Å². The van der Waals surface area contributed by atoms with Crippen LogP contribution in [0.3, 0.4) is 0 Å². The highest BCUT2D eigenvalue weighted by Gasteiger charge is 2.28. The molecular weight excluding hydrogens is 200 g/mol. The van der Waals surface area contributed by atoms with E-state index in [0.29, 0.717) is 0 Å². The highest BCUT2D eigenvalue weighted by molar-refractivity contribution is 5.92. The monoisotopic (exact) mass is 220 g/mol. The third-order valence-electron chi connectivity index (χ3n) is 3.38. The molecule has 0 N–H and O–H groups in total. The van der Waals surface area contributed by atoms with Crippen molar-refractivity contribution < 1.29 is 9.53 Å². The number of allylic oxidation sites excluding steroid dienone is 2. The zero-order valence-corrected chi connectivity index (χ0v) is 10.00. The molecule has 2 rings (SSSR count). The summed E-state index contributed by atoms with van der Waals surface area (Å²) in [6, 6.07) is 0. The summed E-state index contributed by atoms with van der Waals surface area (Å²) in [6.07, 6.45) is 12.0. The largest absolute Gasteiger partial charge is 0.459 e. The topological polar surface area (TPSA) is 26.3 Å². The van der Waals surface area contributed by atoms with Crippen molar-refractivity contribution >= 4 is 5.97 Å². The molecule has 1 atom stereocenters. The van der Waals surface area contributed by atoms with Gasteiger partial charge in [0.2, 0.25) is 0 Å². The van der Waals surface area contributed by atoms with E-state index in [9.17, 15) is 4.79 Å². The van der Waals surface area contributed by atoms with Crippen LogP contribution in [0.4, 0.5) is 0 Å². The van der Waals surface area contributed by atoms with Crippen LogP contribution in [-0.4, -0.2) is 12.1 Å². The van der Waals surface area contributed by atoms with Gasteiger partial charge in [-0.1, -0.05) is 38.3 Å². The molecule has 0 bridgehead atoms. The first-order valence-corrected chi connectivity index (χ1v) is 6.40. The molecule has 0 radical (unpaired) electrons. The van der Waals surface area contributed by atoms with E-state index in [1.807, 2.05) is 0 Å². The van der Waals surface area contributed by atoms with Crippen molar-refractivity contribution in [2.45, 2.75) is 58.0 Å². The Balaban J connectivity index is 1.81. The number of carbonyl (C=O) groups is 1. The van der Waals surface area contributed by atoms with Gasteiger partial charge >= 0.3 is 5.97 Å². The number of ether oxygens (including phenoxy) is 1. The fraction of sp³-hybridized carbons (Fsp3) is 0.643. The van der Waals surface area contributed by atoms with Gasteiger partial charge in [0.1, 0.15) is 6.10 Å². The molecule has 0 saturated carbocycles. The van der Waals surface area contributed by atoms with Crippen molar-refractivity contribution in [3.8, 4) is 0 Å². The van der Waals surface area contributed by atoms with Crippen LogP contribution in [0.1, 0.15) is 51.9 Å². The van der Waals surface area contributed by atoms with Gasteiger partial charge in [-0.15, -0.1) is 0 Å². The highest BCUT2D eigenvalue weighted by Crippen LogP contribution is 2.31. The van der Waals surface area contributed by atoms with Gasteiger partial charge < -0.3 is 4.74 Å². The number of rotatable bonds is 5. The maximum Gasteiger partial charge on any atom is 0.334 e. The summed E-state index contributed by atoms with van der Waals surface area (Å²) in [5, 5.41) is 0. The molecule has 1 unspecified atom stereocenters. The average Bonchev–Trinajstić information content (AvgIpc) is 2.73. The lowest BCUT2D eigenvalue weighted by molar-refractivity contribution is -0.146. The smallest absolute Gasteiger partial charge is 0.334 e. The van der Waals surface area contributed by atoms with Gasteiger partial charge in [0.15, 0.2) is 0 Å². The molecule has 2 nitrogen and oxygen atoms in total. The van der Waals surface area contributed by atoms with Crippen LogP contribution in [0, 0.1) is 0 Å². The van der Waals surface area contributed by atoms with Crippen molar-refractivity contribution in [1.29, 1.82) is 0 Å². The average molecular weight is 220 g/mol. The second-order valence-electron chi connectivity index (χ2n) is 4.69. The first-order chi connectivity index (χ1) is 7.81. The van der Waals surface area contributed by atoms with Gasteiger partial charge in [-0.3, -0.25) is 0 Å². The van der Waals surface area contributed by atoms with Gasteiger partial charge in [0, 0.05) is 12.0 Å². The summed E-state index contributed by atoms with van der Waals surface area (Å²) in [6.45, 7) is 2.21. The summed E-state index contributed by atoms with van der Waals surface area (Å²) in [5.74, 6) is -0.0771. The molecule has 88 valence electrons. The van der Waals surface area contributed by atoms with Crippen LogP contribution >= 0.6 is 0 Å². The minimum absolute atomic E-state index is 0.0771. The third-order valence-corrected chi connectivity index (χ3v) is 3.38. The third kappa shape index (κ3) is 2.55. The zero-order chi connectivity index (χ0) is 11.4. The summed E-state index contributed by atoms with van der Waals surface area (Å²) in [7, 11) is 0. The molecule has 1 aliphatic heterocycles. The Labute approximate surface area is 97.4 Å². The predicted molar refractivity (Wildman–Crippen MR) is 64.0 cm³/mol. The molecule has 16 heavy (non-hydrogen) atoms. The van der Waals surface area contributed by atoms with Crippen molar-refractivity contribution in [3.05, 3.63) is 23.3 Å². The van der Waals surface area contributed by atoms with E-state index in [2.05, 4.69) is 19.1 Å². The molecule has 0 aromatic heterocycles. The summed E-state index contributed by atoms with van der Waals surface area (Å²) in [4.78, 5) is 11.7. The number of cyclic esters (lactones) is 1. The summed E-state index contributed by atoms with van der Waals surface area (Å²) >= 11 is 0. The Bertz CT molecular complexity index is 326. The van der Waals surface area contributed by atoms with E-state index >= 15 is 0 Å². The van der Waals surface area contributed by atoms with E-state index in [1.54, 1.807) is 0 Å². The predicted octanol–water partition coefficient (Wildman–Crippen LogP) is 3.53. The van der Waals surface area contributed by atoms with Gasteiger partial charge in [0.05, 0.1) is 0 Å². The lowest BCUT2D eigenvalue weighted by Gasteiger charge is -2.23. The first kappa shape index (κ1) is 11.4. The molecule has 0 amide bonds. The van der Waals surface area contributed by atoms with Gasteiger partial charge in [-0.25, -0.2) is 4.79 Å². The Kier molecular flexibility index (Phi) is 3.81. The Morgan fingerprint density at radius 3 is 3.06 bits per heavy atom. The van der Waals surface area contributed by atoms with Crippen LogP contribution in [0.2, 0.25) is 0 Å². The molecule has 0 saturated heterocycles. The Morgan fingerprint density at radius 1 is 1.38 bits per heavy atom. The summed E-state index contributed by atoms with van der Waals surface area (Å²) < 4.78 is 5.44. The van der Waals surface area contributed by atoms with Gasteiger partial charge in [-0.2, -0.15) is 0 Å². The molecule has 1 aliphatic carbocycles. The van der Waals surface area contributed by atoms with Crippen molar-refractivity contribution in [2.24, 2.45) is 0 Å². The number of esters is 1. The summed E-state index contributed by atoms with van der Waals surface area (Å²) in [5.41, 5.74) is 2.11. The Hall–Kier alpha value is -1.05. The van der Waals surface area contributed by atoms with E-state index in [-0.39, 0.29) is 12.1 Å². The van der Waals surface area contributed by atoms with Gasteiger partial charge in [0.25, 0.3) is 0 Å². The Morgan fingerprint density at radius 2 is 2.25 bits per heavy atom.